The van der Waals surface area contributed by atoms with Crippen molar-refractivity contribution < 1.29 is 13.6 Å². The van der Waals surface area contributed by atoms with E-state index in [2.05, 4.69) is 15.5 Å². The zero-order valence-corrected chi connectivity index (χ0v) is 10.3. The maximum atomic E-state index is 12.2. The lowest BCUT2D eigenvalue weighted by molar-refractivity contribution is -0.118. The molecule has 8 heteroatoms. The molecular formula is C9H14F2N4OS. The van der Waals surface area contributed by atoms with Gasteiger partial charge in [0.25, 0.3) is 6.43 Å². The molecule has 0 aliphatic heterocycles. The van der Waals surface area contributed by atoms with Crippen LogP contribution in [0.15, 0.2) is 0 Å². The summed E-state index contributed by atoms with van der Waals surface area (Å²) in [5.74, 6) is -0.422. The molecule has 2 atom stereocenters. The fraction of sp³-hybridized carbons (Fsp3) is 0.667. The van der Waals surface area contributed by atoms with Crippen LogP contribution in [0.1, 0.15) is 31.7 Å². The fourth-order valence-corrected chi connectivity index (χ4v) is 1.68. The molecule has 0 spiro atoms. The first-order valence-corrected chi connectivity index (χ1v) is 5.95. The van der Waals surface area contributed by atoms with Crippen molar-refractivity contribution in [1.29, 1.82) is 0 Å². The van der Waals surface area contributed by atoms with Crippen molar-refractivity contribution >= 4 is 22.4 Å². The first-order valence-electron chi connectivity index (χ1n) is 5.13. The van der Waals surface area contributed by atoms with Gasteiger partial charge in [0.05, 0.1) is 6.04 Å². The van der Waals surface area contributed by atoms with Crippen LogP contribution in [0.25, 0.3) is 0 Å². The van der Waals surface area contributed by atoms with E-state index in [4.69, 9.17) is 5.73 Å². The molecule has 1 rings (SSSR count). The summed E-state index contributed by atoms with van der Waals surface area (Å²) in [6.45, 7) is 3.76. The van der Waals surface area contributed by atoms with Crippen molar-refractivity contribution in [3.63, 3.8) is 0 Å². The normalized spacial score (nSPS) is 14.7. The van der Waals surface area contributed by atoms with Crippen molar-refractivity contribution in [2.45, 2.75) is 32.7 Å². The Morgan fingerprint density at radius 3 is 2.65 bits per heavy atom. The van der Waals surface area contributed by atoms with Crippen LogP contribution in [-0.4, -0.2) is 22.1 Å². The summed E-state index contributed by atoms with van der Waals surface area (Å²) in [7, 11) is 0. The van der Waals surface area contributed by atoms with Gasteiger partial charge in [0.2, 0.25) is 11.0 Å². The van der Waals surface area contributed by atoms with Crippen molar-refractivity contribution in [1.82, 2.24) is 10.2 Å². The maximum Gasteiger partial charge on any atom is 0.291 e. The number of nitrogens with one attached hydrogen (secondary N) is 1. The number of rotatable bonds is 5. The molecule has 1 amide bonds. The zero-order chi connectivity index (χ0) is 13.0. The monoisotopic (exact) mass is 264 g/mol. The van der Waals surface area contributed by atoms with E-state index in [1.165, 1.54) is 0 Å². The number of anilines is 1. The SMILES string of the molecule is CCC(C)C(N)C(=O)Nc1nnc(C(F)F)s1. The molecule has 0 fully saturated rings. The van der Waals surface area contributed by atoms with Gasteiger partial charge in [-0.3, -0.25) is 10.1 Å². The van der Waals surface area contributed by atoms with E-state index in [9.17, 15) is 13.6 Å². The third-order valence-corrected chi connectivity index (χ3v) is 3.26. The Bertz CT molecular complexity index is 385. The summed E-state index contributed by atoms with van der Waals surface area (Å²) in [5.41, 5.74) is 5.68. The second kappa shape index (κ2) is 5.97. The molecule has 0 aromatic carbocycles. The van der Waals surface area contributed by atoms with Crippen molar-refractivity contribution in [2.24, 2.45) is 11.7 Å². The Morgan fingerprint density at radius 1 is 1.53 bits per heavy atom. The first-order chi connectivity index (χ1) is 7.95. The Labute approximate surface area is 101 Å². The van der Waals surface area contributed by atoms with Gasteiger partial charge in [0, 0.05) is 0 Å². The predicted molar refractivity (Wildman–Crippen MR) is 60.9 cm³/mol. The van der Waals surface area contributed by atoms with Crippen molar-refractivity contribution in [3.8, 4) is 0 Å². The molecular weight excluding hydrogens is 250 g/mol. The minimum atomic E-state index is -2.68. The number of amides is 1. The van der Waals surface area contributed by atoms with Gasteiger partial charge in [0.1, 0.15) is 0 Å². The number of hydrogen-bond donors (Lipinski definition) is 2. The molecule has 0 aliphatic rings. The van der Waals surface area contributed by atoms with E-state index in [1.54, 1.807) is 0 Å². The van der Waals surface area contributed by atoms with Gasteiger partial charge >= 0.3 is 0 Å². The van der Waals surface area contributed by atoms with Gasteiger partial charge in [-0.2, -0.15) is 0 Å². The number of nitrogens with zero attached hydrogens (tertiary/aromatic N) is 2. The zero-order valence-electron chi connectivity index (χ0n) is 9.48. The van der Waals surface area contributed by atoms with Crippen LogP contribution in [0.2, 0.25) is 0 Å². The molecule has 17 heavy (non-hydrogen) atoms. The van der Waals surface area contributed by atoms with E-state index in [0.29, 0.717) is 11.3 Å². The standard InChI is InChI=1S/C9H14F2N4OS/c1-3-4(2)5(12)7(16)13-9-15-14-8(17-9)6(10)11/h4-6H,3,12H2,1-2H3,(H,13,15,16). The molecule has 3 N–H and O–H groups in total. The highest BCUT2D eigenvalue weighted by atomic mass is 32.1. The Kier molecular flexibility index (Phi) is 4.88. The van der Waals surface area contributed by atoms with Crippen LogP contribution in [0.4, 0.5) is 13.9 Å². The number of halogens is 2. The van der Waals surface area contributed by atoms with Crippen molar-refractivity contribution in [2.75, 3.05) is 5.32 Å². The van der Waals surface area contributed by atoms with Crippen LogP contribution in [-0.2, 0) is 4.79 Å². The predicted octanol–water partition coefficient (Wildman–Crippen LogP) is 1.79. The molecule has 2 unspecified atom stereocenters. The lowest BCUT2D eigenvalue weighted by atomic mass is 10.00. The quantitative estimate of drug-likeness (QED) is 0.849. The van der Waals surface area contributed by atoms with Gasteiger partial charge < -0.3 is 5.73 Å². The van der Waals surface area contributed by atoms with Crippen LogP contribution < -0.4 is 11.1 Å². The van der Waals surface area contributed by atoms with Gasteiger partial charge in [-0.05, 0) is 5.92 Å². The Hall–Kier alpha value is -1.15. The number of hydrogen-bond acceptors (Lipinski definition) is 5. The smallest absolute Gasteiger partial charge is 0.291 e. The first kappa shape index (κ1) is 13.9. The van der Waals surface area contributed by atoms with Crippen LogP contribution in [0, 0.1) is 5.92 Å². The number of nitrogens with two attached hydrogens (primary N) is 1. The summed E-state index contributed by atoms with van der Waals surface area (Å²) < 4.78 is 24.5. The number of alkyl halides is 2. The second-order valence-electron chi connectivity index (χ2n) is 3.65. The number of aromatic nitrogens is 2. The average Bonchev–Trinajstić information content (AvgIpc) is 2.75. The average molecular weight is 264 g/mol. The highest BCUT2D eigenvalue weighted by Gasteiger charge is 2.21. The minimum absolute atomic E-state index is 0.0116. The lowest BCUT2D eigenvalue weighted by Crippen LogP contribution is -2.40. The number of carbonyl (C=O) groups excluding carboxylic acids is 1. The summed E-state index contributed by atoms with van der Waals surface area (Å²) in [5, 5.41) is 8.71. The largest absolute Gasteiger partial charge is 0.320 e. The summed E-state index contributed by atoms with van der Waals surface area (Å²) in [4.78, 5) is 11.6. The topological polar surface area (TPSA) is 80.9 Å². The third-order valence-electron chi connectivity index (χ3n) is 2.42. The number of carbonyl (C=O) groups is 1. The van der Waals surface area contributed by atoms with E-state index < -0.39 is 23.4 Å². The highest BCUT2D eigenvalue weighted by Crippen LogP contribution is 2.25. The Morgan fingerprint density at radius 2 is 2.18 bits per heavy atom. The summed E-state index contributed by atoms with van der Waals surface area (Å²) >= 11 is 0.646. The van der Waals surface area contributed by atoms with Gasteiger partial charge in [-0.25, -0.2) is 8.78 Å². The molecule has 0 bridgehead atoms. The summed E-state index contributed by atoms with van der Waals surface area (Å²) in [6, 6.07) is -0.682. The molecule has 5 nitrogen and oxygen atoms in total. The molecule has 1 aromatic rings. The molecule has 1 heterocycles. The minimum Gasteiger partial charge on any atom is -0.320 e. The maximum absolute atomic E-state index is 12.2. The van der Waals surface area contributed by atoms with Crippen LogP contribution in [0.5, 0.6) is 0 Å². The van der Waals surface area contributed by atoms with E-state index in [1.807, 2.05) is 13.8 Å². The molecule has 0 aliphatic carbocycles. The third kappa shape index (κ3) is 3.67. The van der Waals surface area contributed by atoms with Gasteiger partial charge in [0.15, 0.2) is 5.01 Å². The molecule has 0 saturated heterocycles. The summed E-state index contributed by atoms with van der Waals surface area (Å²) in [6.07, 6.45) is -1.92. The lowest BCUT2D eigenvalue weighted by Gasteiger charge is -2.16. The molecule has 0 radical (unpaired) electrons. The van der Waals surface area contributed by atoms with Gasteiger partial charge in [-0.1, -0.05) is 31.6 Å². The molecule has 96 valence electrons. The Balaban J connectivity index is 2.61. The van der Waals surface area contributed by atoms with E-state index in [0.717, 1.165) is 6.42 Å². The highest BCUT2D eigenvalue weighted by molar-refractivity contribution is 7.15. The second-order valence-corrected chi connectivity index (χ2v) is 4.66. The van der Waals surface area contributed by atoms with E-state index >= 15 is 0 Å². The van der Waals surface area contributed by atoms with Crippen LogP contribution in [0.3, 0.4) is 0 Å². The van der Waals surface area contributed by atoms with Crippen LogP contribution >= 0.6 is 11.3 Å². The van der Waals surface area contributed by atoms with Crippen molar-refractivity contribution in [3.05, 3.63) is 5.01 Å². The van der Waals surface area contributed by atoms with E-state index in [-0.39, 0.29) is 11.0 Å². The molecule has 0 saturated carbocycles. The molecule has 1 aromatic heterocycles. The van der Waals surface area contributed by atoms with Gasteiger partial charge in [-0.15, -0.1) is 10.2 Å². The fourth-order valence-electron chi connectivity index (χ4n) is 1.07.